The molecule has 0 bridgehead atoms. The van der Waals surface area contributed by atoms with E-state index in [4.69, 9.17) is 16.3 Å². The lowest BCUT2D eigenvalue weighted by Crippen LogP contribution is -2.00. The zero-order valence-electron chi connectivity index (χ0n) is 20.1. The van der Waals surface area contributed by atoms with Crippen LogP contribution in [0.4, 0.5) is 0 Å². The maximum Gasteiger partial charge on any atom is 0.342 e. The summed E-state index contributed by atoms with van der Waals surface area (Å²) in [5, 5.41) is 28.1. The number of methoxy groups -OCH3 is 1. The summed E-state index contributed by atoms with van der Waals surface area (Å²) in [5.74, 6) is -0.139. The van der Waals surface area contributed by atoms with Crippen LogP contribution in [0.15, 0.2) is 83.0 Å². The van der Waals surface area contributed by atoms with E-state index in [2.05, 4.69) is 21.3 Å². The van der Waals surface area contributed by atoms with Crippen LogP contribution in [-0.2, 0) is 11.3 Å². The minimum absolute atomic E-state index is 0.0499. The Balaban J connectivity index is 1.49. The standard InChI is InChI=1S/C28H20ClN5O3S/c1-37-24-11-10-20(29)13-22(24)26-31-28(33-32-26)38-25(27(35)36)12-19-16-34(23-9-5-4-8-21(19)23)15-18-7-3-2-6-17(18)14-30/h2-13,16H,15H2,1H3,(H,35,36)(H,31,32,33)/b25-12-. The first-order valence-corrected chi connectivity index (χ1v) is 12.6. The number of fused-ring (bicyclic) bond motifs is 1. The molecule has 5 aromatic rings. The van der Waals surface area contributed by atoms with Crippen molar-refractivity contribution in [2.75, 3.05) is 7.11 Å². The van der Waals surface area contributed by atoms with E-state index in [0.717, 1.165) is 33.8 Å². The smallest absolute Gasteiger partial charge is 0.342 e. The number of hydrogen-bond donors (Lipinski definition) is 2. The lowest BCUT2D eigenvalue weighted by atomic mass is 10.1. The predicted octanol–water partition coefficient (Wildman–Crippen LogP) is 6.23. The molecule has 0 radical (unpaired) electrons. The van der Waals surface area contributed by atoms with E-state index >= 15 is 0 Å². The number of para-hydroxylation sites is 1. The number of carboxylic acid groups (broad SMARTS) is 1. The number of carbonyl (C=O) groups is 1. The molecule has 2 N–H and O–H groups in total. The van der Waals surface area contributed by atoms with Crippen molar-refractivity contribution in [3.8, 4) is 23.2 Å². The van der Waals surface area contributed by atoms with E-state index in [1.54, 1.807) is 37.5 Å². The summed E-state index contributed by atoms with van der Waals surface area (Å²) in [6.07, 6.45) is 3.50. The van der Waals surface area contributed by atoms with Crippen LogP contribution in [0.3, 0.4) is 0 Å². The molecule has 0 unspecified atom stereocenters. The highest BCUT2D eigenvalue weighted by Crippen LogP contribution is 2.34. The molecule has 0 aliphatic rings. The summed E-state index contributed by atoms with van der Waals surface area (Å²) in [6, 6.07) is 22.5. The molecule has 0 atom stereocenters. The molecule has 0 aliphatic carbocycles. The zero-order chi connectivity index (χ0) is 26.6. The number of benzene rings is 3. The maximum atomic E-state index is 12.2. The van der Waals surface area contributed by atoms with E-state index in [1.807, 2.05) is 53.2 Å². The number of ether oxygens (including phenoxy) is 1. The quantitative estimate of drug-likeness (QED) is 0.177. The fourth-order valence-corrected chi connectivity index (χ4v) is 4.99. The average Bonchev–Trinajstić information content (AvgIpc) is 3.53. The number of thioether (sulfide) groups is 1. The maximum absolute atomic E-state index is 12.2. The van der Waals surface area contributed by atoms with Crippen molar-refractivity contribution >= 4 is 46.3 Å². The summed E-state index contributed by atoms with van der Waals surface area (Å²) in [7, 11) is 1.54. The average molecular weight is 542 g/mol. The third-order valence-electron chi connectivity index (χ3n) is 5.88. The number of nitrogens with zero attached hydrogens (tertiary/aromatic N) is 4. The number of nitriles is 1. The third-order valence-corrected chi connectivity index (χ3v) is 6.99. The van der Waals surface area contributed by atoms with Gasteiger partial charge in [-0.3, -0.25) is 5.10 Å². The number of nitrogens with one attached hydrogen (secondary N) is 1. The summed E-state index contributed by atoms with van der Waals surface area (Å²) in [4.78, 5) is 16.7. The van der Waals surface area contributed by atoms with E-state index in [9.17, 15) is 15.2 Å². The highest BCUT2D eigenvalue weighted by Gasteiger charge is 2.18. The molecule has 10 heteroatoms. The molecule has 3 aromatic carbocycles. The van der Waals surface area contributed by atoms with Crippen molar-refractivity contribution < 1.29 is 14.6 Å². The second kappa shape index (κ2) is 10.8. The lowest BCUT2D eigenvalue weighted by molar-refractivity contribution is -0.131. The number of aromatic nitrogens is 4. The van der Waals surface area contributed by atoms with Gasteiger partial charge in [-0.25, -0.2) is 9.78 Å². The molecule has 5 rings (SSSR count). The van der Waals surface area contributed by atoms with Gasteiger partial charge in [-0.2, -0.15) is 5.26 Å². The Morgan fingerprint density at radius 3 is 2.79 bits per heavy atom. The molecule has 188 valence electrons. The van der Waals surface area contributed by atoms with Crippen molar-refractivity contribution in [3.63, 3.8) is 0 Å². The van der Waals surface area contributed by atoms with Gasteiger partial charge in [0.1, 0.15) is 10.7 Å². The van der Waals surface area contributed by atoms with Gasteiger partial charge < -0.3 is 14.4 Å². The largest absolute Gasteiger partial charge is 0.496 e. The monoisotopic (exact) mass is 541 g/mol. The lowest BCUT2D eigenvalue weighted by Gasteiger charge is -2.07. The van der Waals surface area contributed by atoms with Crippen LogP contribution in [0, 0.1) is 11.3 Å². The number of hydrogen-bond acceptors (Lipinski definition) is 6. The van der Waals surface area contributed by atoms with E-state index in [0.29, 0.717) is 34.3 Å². The summed E-state index contributed by atoms with van der Waals surface area (Å²) < 4.78 is 7.40. The fraction of sp³-hybridized carbons (Fsp3) is 0.0714. The number of aliphatic carboxylic acids is 1. The Labute approximate surface area is 227 Å². The first-order valence-electron chi connectivity index (χ1n) is 11.4. The van der Waals surface area contributed by atoms with Crippen molar-refractivity contribution in [3.05, 3.63) is 99.5 Å². The Bertz CT molecular complexity index is 1730. The highest BCUT2D eigenvalue weighted by molar-refractivity contribution is 8.04. The minimum atomic E-state index is -1.10. The molecule has 8 nitrogen and oxygen atoms in total. The topological polar surface area (TPSA) is 117 Å². The van der Waals surface area contributed by atoms with Gasteiger partial charge in [0.15, 0.2) is 5.82 Å². The molecular weight excluding hydrogens is 522 g/mol. The third kappa shape index (κ3) is 5.13. The number of halogens is 1. The molecule has 0 aliphatic heterocycles. The second-order valence-corrected chi connectivity index (χ2v) is 9.67. The van der Waals surface area contributed by atoms with E-state index in [-0.39, 0.29) is 10.1 Å². The van der Waals surface area contributed by atoms with Gasteiger partial charge in [0.25, 0.3) is 0 Å². The van der Waals surface area contributed by atoms with Gasteiger partial charge in [0.05, 0.1) is 24.3 Å². The molecule has 2 aromatic heterocycles. The van der Waals surface area contributed by atoms with Gasteiger partial charge in [-0.1, -0.05) is 48.0 Å². The minimum Gasteiger partial charge on any atom is -0.496 e. The number of H-pyrrole nitrogens is 1. The van der Waals surface area contributed by atoms with Gasteiger partial charge in [-0.15, -0.1) is 5.10 Å². The summed E-state index contributed by atoms with van der Waals surface area (Å²) in [5.41, 5.74) is 3.74. The number of rotatable bonds is 8. The molecule has 0 spiro atoms. The molecular formula is C28H20ClN5O3S. The fourth-order valence-electron chi connectivity index (χ4n) is 4.12. The highest BCUT2D eigenvalue weighted by atomic mass is 35.5. The van der Waals surface area contributed by atoms with Crippen LogP contribution in [0.25, 0.3) is 28.4 Å². The zero-order valence-corrected chi connectivity index (χ0v) is 21.6. The van der Waals surface area contributed by atoms with Crippen LogP contribution in [0.2, 0.25) is 5.02 Å². The SMILES string of the molecule is COc1ccc(Cl)cc1-c1nc(S/C(=C\c2cn(Cc3ccccc3C#N)c3ccccc23)C(=O)O)n[nH]1. The Hall–Kier alpha value is -4.52. The van der Waals surface area contributed by atoms with Crippen molar-refractivity contribution in [2.45, 2.75) is 11.7 Å². The Morgan fingerprint density at radius 2 is 2.00 bits per heavy atom. The molecule has 38 heavy (non-hydrogen) atoms. The van der Waals surface area contributed by atoms with Crippen molar-refractivity contribution in [1.29, 1.82) is 5.26 Å². The summed E-state index contributed by atoms with van der Waals surface area (Å²) in [6.45, 7) is 0.472. The summed E-state index contributed by atoms with van der Waals surface area (Å²) >= 11 is 7.07. The number of carboxylic acids is 1. The first kappa shape index (κ1) is 25.1. The molecule has 0 fully saturated rings. The van der Waals surface area contributed by atoms with Crippen LogP contribution in [0.1, 0.15) is 16.7 Å². The van der Waals surface area contributed by atoms with Crippen molar-refractivity contribution in [2.24, 2.45) is 0 Å². The Morgan fingerprint density at radius 1 is 1.21 bits per heavy atom. The van der Waals surface area contributed by atoms with Crippen LogP contribution in [-0.4, -0.2) is 37.9 Å². The predicted molar refractivity (Wildman–Crippen MR) is 147 cm³/mol. The van der Waals surface area contributed by atoms with Gasteiger partial charge in [0, 0.05) is 34.2 Å². The van der Waals surface area contributed by atoms with Crippen LogP contribution in [0.5, 0.6) is 5.75 Å². The van der Waals surface area contributed by atoms with Crippen LogP contribution >= 0.6 is 23.4 Å². The van der Waals surface area contributed by atoms with Crippen LogP contribution < -0.4 is 4.74 Å². The van der Waals surface area contributed by atoms with E-state index in [1.165, 1.54) is 0 Å². The molecule has 0 amide bonds. The van der Waals surface area contributed by atoms with Gasteiger partial charge >= 0.3 is 5.97 Å². The van der Waals surface area contributed by atoms with E-state index < -0.39 is 5.97 Å². The second-order valence-electron chi connectivity index (χ2n) is 8.23. The van der Waals surface area contributed by atoms with Gasteiger partial charge in [-0.05, 0) is 53.7 Å². The van der Waals surface area contributed by atoms with Crippen molar-refractivity contribution in [1.82, 2.24) is 19.7 Å². The number of aromatic amines is 1. The Kier molecular flexibility index (Phi) is 7.18. The normalized spacial score (nSPS) is 11.4. The van der Waals surface area contributed by atoms with Gasteiger partial charge in [0.2, 0.25) is 5.16 Å². The first-order chi connectivity index (χ1) is 18.5. The molecule has 2 heterocycles. The molecule has 0 saturated carbocycles. The molecule has 0 saturated heterocycles.